The van der Waals surface area contributed by atoms with Crippen LogP contribution in [-0.4, -0.2) is 14.2 Å². The summed E-state index contributed by atoms with van der Waals surface area (Å²) >= 11 is 0. The fourth-order valence-electron chi connectivity index (χ4n) is 7.96. The summed E-state index contributed by atoms with van der Waals surface area (Å²) in [5, 5.41) is 0. The van der Waals surface area contributed by atoms with E-state index in [1.165, 1.54) is 0 Å². The second kappa shape index (κ2) is 18.4. The van der Waals surface area contributed by atoms with E-state index in [1.807, 2.05) is 36.4 Å². The zero-order valence-corrected chi connectivity index (χ0v) is 34.7. The van der Waals surface area contributed by atoms with E-state index in [0.29, 0.717) is 0 Å². The Morgan fingerprint density at radius 3 is 0.742 bits per heavy atom. The predicted molar refractivity (Wildman–Crippen MR) is 258 cm³/mol. The molecule has 0 radical (unpaired) electrons. The molecule has 0 aliphatic heterocycles. The van der Waals surface area contributed by atoms with Gasteiger partial charge in [-0.3, -0.25) is 0 Å². The van der Waals surface area contributed by atoms with E-state index in [1.54, 1.807) is 14.2 Å². The molecule has 62 heavy (non-hydrogen) atoms. The molecular weight excluding hydrogens is 761 g/mol. The Bertz CT molecular complexity index is 2550. The normalized spacial score (nSPS) is 10.7. The van der Waals surface area contributed by atoms with Gasteiger partial charge in [-0.1, -0.05) is 115 Å². The first-order valence-electron chi connectivity index (χ1n) is 20.7. The number of hydrogen-bond acceptors (Lipinski definition) is 6. The molecule has 0 heterocycles. The molecule has 9 rings (SSSR count). The van der Waals surface area contributed by atoms with Crippen molar-refractivity contribution in [2.24, 2.45) is 0 Å². The van der Waals surface area contributed by atoms with Crippen LogP contribution in [0.1, 0.15) is 0 Å². The summed E-state index contributed by atoms with van der Waals surface area (Å²) in [7, 11) is 3.47. The molecule has 0 aliphatic rings. The number of rotatable bonds is 14. The van der Waals surface area contributed by atoms with Crippen LogP contribution in [0.4, 0.5) is 68.2 Å². The highest BCUT2D eigenvalue weighted by molar-refractivity contribution is 5.89. The van der Waals surface area contributed by atoms with E-state index in [4.69, 9.17) is 9.47 Å². The average Bonchev–Trinajstić information content (AvgIpc) is 3.35. The summed E-state index contributed by atoms with van der Waals surface area (Å²) < 4.78 is 12.5. The lowest BCUT2D eigenvalue weighted by Gasteiger charge is -2.32. The maximum absolute atomic E-state index is 6.27. The molecule has 9 aromatic rings. The zero-order chi connectivity index (χ0) is 42.1. The molecule has 6 heteroatoms. The van der Waals surface area contributed by atoms with Crippen LogP contribution in [0.5, 0.6) is 11.5 Å². The van der Waals surface area contributed by atoms with Gasteiger partial charge in [0.25, 0.3) is 0 Å². The monoisotopic (exact) mass is 806 g/mol. The molecule has 0 saturated carbocycles. The van der Waals surface area contributed by atoms with Gasteiger partial charge >= 0.3 is 0 Å². The topological polar surface area (TPSA) is 31.4 Å². The van der Waals surface area contributed by atoms with Crippen molar-refractivity contribution in [1.29, 1.82) is 0 Å². The van der Waals surface area contributed by atoms with Crippen LogP contribution in [0.15, 0.2) is 243 Å². The maximum Gasteiger partial charge on any atom is 0.144 e. The number of benzene rings is 9. The Kier molecular flexibility index (Phi) is 11.6. The first-order valence-corrected chi connectivity index (χ1v) is 20.7. The molecule has 0 fully saturated rings. The van der Waals surface area contributed by atoms with Crippen molar-refractivity contribution in [3.05, 3.63) is 243 Å². The second-order valence-corrected chi connectivity index (χ2v) is 14.6. The van der Waals surface area contributed by atoms with Crippen LogP contribution in [0, 0.1) is 0 Å². The van der Waals surface area contributed by atoms with Gasteiger partial charge in [-0.05, 0) is 115 Å². The van der Waals surface area contributed by atoms with E-state index >= 15 is 0 Å². The van der Waals surface area contributed by atoms with Gasteiger partial charge in [0.2, 0.25) is 0 Å². The van der Waals surface area contributed by atoms with Crippen molar-refractivity contribution in [2.75, 3.05) is 33.8 Å². The Hall–Kier alpha value is -8.22. The third-order valence-electron chi connectivity index (χ3n) is 10.8. The molecule has 0 atom stereocenters. The Morgan fingerprint density at radius 1 is 0.226 bits per heavy atom. The van der Waals surface area contributed by atoms with E-state index in [2.05, 4.69) is 226 Å². The molecule has 0 amide bonds. The molecule has 0 aromatic heterocycles. The quantitative estimate of drug-likeness (QED) is 0.109. The molecule has 6 nitrogen and oxygen atoms in total. The molecule has 302 valence electrons. The highest BCUT2D eigenvalue weighted by Crippen LogP contribution is 2.48. The molecule has 0 N–H and O–H groups in total. The average molecular weight is 807 g/mol. The molecule has 9 aromatic carbocycles. The van der Waals surface area contributed by atoms with Crippen LogP contribution in [0.25, 0.3) is 0 Å². The molecule has 0 unspecified atom stereocenters. The van der Waals surface area contributed by atoms with Crippen molar-refractivity contribution < 1.29 is 9.47 Å². The lowest BCUT2D eigenvalue weighted by Crippen LogP contribution is -2.15. The number of anilines is 12. The summed E-state index contributed by atoms with van der Waals surface area (Å²) in [5.74, 6) is 1.46. The summed E-state index contributed by atoms with van der Waals surface area (Å²) in [6.07, 6.45) is 0. The molecule has 0 bridgehead atoms. The molecule has 0 aliphatic carbocycles. The van der Waals surface area contributed by atoms with Crippen molar-refractivity contribution in [2.45, 2.75) is 0 Å². The van der Waals surface area contributed by atoms with Crippen LogP contribution in [0.2, 0.25) is 0 Å². The van der Waals surface area contributed by atoms with Gasteiger partial charge in [0.15, 0.2) is 0 Å². The molecule has 0 spiro atoms. The Morgan fingerprint density at radius 2 is 0.468 bits per heavy atom. The fourth-order valence-corrected chi connectivity index (χ4v) is 7.96. The fraction of sp³-hybridized carbons (Fsp3) is 0.0357. The minimum atomic E-state index is 0.729. The summed E-state index contributed by atoms with van der Waals surface area (Å²) in [6, 6.07) is 84.0. The van der Waals surface area contributed by atoms with Gasteiger partial charge in [0.1, 0.15) is 11.5 Å². The van der Waals surface area contributed by atoms with E-state index in [-0.39, 0.29) is 0 Å². The van der Waals surface area contributed by atoms with E-state index in [9.17, 15) is 0 Å². The van der Waals surface area contributed by atoms with E-state index < -0.39 is 0 Å². The van der Waals surface area contributed by atoms with E-state index in [0.717, 1.165) is 79.7 Å². The van der Waals surface area contributed by atoms with Crippen molar-refractivity contribution in [3.63, 3.8) is 0 Å². The lowest BCUT2D eigenvalue weighted by atomic mass is 10.1. The number of ether oxygens (including phenoxy) is 2. The predicted octanol–water partition coefficient (Wildman–Crippen LogP) is 15.6. The van der Waals surface area contributed by atoms with Crippen molar-refractivity contribution >= 4 is 68.2 Å². The van der Waals surface area contributed by atoms with Crippen molar-refractivity contribution in [3.8, 4) is 11.5 Å². The van der Waals surface area contributed by atoms with Crippen LogP contribution >= 0.6 is 0 Å². The van der Waals surface area contributed by atoms with Gasteiger partial charge < -0.3 is 29.1 Å². The Labute approximate surface area is 364 Å². The Balaban J connectivity index is 1.16. The highest BCUT2D eigenvalue weighted by Gasteiger charge is 2.24. The number of para-hydroxylation sites is 6. The third-order valence-corrected chi connectivity index (χ3v) is 10.8. The number of nitrogens with zero attached hydrogens (tertiary/aromatic N) is 4. The minimum absolute atomic E-state index is 0.729. The minimum Gasteiger partial charge on any atom is -0.494 e. The van der Waals surface area contributed by atoms with Gasteiger partial charge in [-0.15, -0.1) is 0 Å². The summed E-state index contributed by atoms with van der Waals surface area (Å²) in [5.41, 5.74) is 11.9. The van der Waals surface area contributed by atoms with Crippen LogP contribution in [0.3, 0.4) is 0 Å². The first-order chi connectivity index (χ1) is 30.7. The largest absolute Gasteiger partial charge is 0.494 e. The molecule has 0 saturated heterocycles. The highest BCUT2D eigenvalue weighted by atomic mass is 16.5. The number of hydrogen-bond donors (Lipinski definition) is 0. The van der Waals surface area contributed by atoms with Gasteiger partial charge in [0, 0.05) is 69.0 Å². The van der Waals surface area contributed by atoms with Crippen molar-refractivity contribution in [1.82, 2.24) is 0 Å². The van der Waals surface area contributed by atoms with Gasteiger partial charge in [-0.2, -0.15) is 0 Å². The zero-order valence-electron chi connectivity index (χ0n) is 34.7. The first kappa shape index (κ1) is 39.3. The standard InChI is InChI=1S/C56H46N4O2/c1-61-55-41-51(57(43-22-9-3-10-23-43)44-24-11-4-12-25-44)36-38-53(55)59(47-30-17-7-18-31-47)49-34-21-35-50(40-49)60(48-32-19-8-20-33-48)54-39-37-52(42-56(54)62-2)58(45-26-13-5-14-27-45)46-28-15-6-16-29-46/h3-42H,1-2H3. The second-order valence-electron chi connectivity index (χ2n) is 14.6. The summed E-state index contributed by atoms with van der Waals surface area (Å²) in [4.78, 5) is 9.00. The van der Waals surface area contributed by atoms with Crippen LogP contribution < -0.4 is 29.1 Å². The summed E-state index contributed by atoms with van der Waals surface area (Å²) in [6.45, 7) is 0. The lowest BCUT2D eigenvalue weighted by molar-refractivity contribution is 0.416. The number of methoxy groups -OCH3 is 2. The van der Waals surface area contributed by atoms with Gasteiger partial charge in [-0.25, -0.2) is 0 Å². The SMILES string of the molecule is COc1cc(N(c2ccccc2)c2ccccc2)ccc1N(c1ccccc1)c1cccc(N(c2ccccc2)c2ccc(N(c3ccccc3)c3ccccc3)cc2OC)c1. The molecular formula is C56H46N4O2. The maximum atomic E-state index is 6.27. The smallest absolute Gasteiger partial charge is 0.144 e. The van der Waals surface area contributed by atoms with Crippen LogP contribution in [-0.2, 0) is 0 Å². The van der Waals surface area contributed by atoms with Gasteiger partial charge in [0.05, 0.1) is 25.6 Å². The third kappa shape index (κ3) is 8.18.